The van der Waals surface area contributed by atoms with Gasteiger partial charge in [0.25, 0.3) is 0 Å². The molecule has 0 spiro atoms. The standard InChI is InChI=1S/C19H12ClFN2O2/c20-18-9-10-19(23-22-18)25-16-7-3-14(4-8-16)17(11-12-24)13-1-5-15(21)6-2-13/h1-12H/b17-11+. The number of aldehydes is 1. The van der Waals surface area contributed by atoms with Gasteiger partial charge in [-0.05, 0) is 53.1 Å². The molecule has 25 heavy (non-hydrogen) atoms. The zero-order chi connectivity index (χ0) is 17.6. The minimum atomic E-state index is -0.331. The Balaban J connectivity index is 1.84. The molecule has 2 aromatic carbocycles. The molecule has 6 heteroatoms. The van der Waals surface area contributed by atoms with Gasteiger partial charge in [-0.3, -0.25) is 4.79 Å². The van der Waals surface area contributed by atoms with Crippen LogP contribution in [0.4, 0.5) is 4.39 Å². The molecular weight excluding hydrogens is 343 g/mol. The fraction of sp³-hybridized carbons (Fsp3) is 0. The van der Waals surface area contributed by atoms with Crippen molar-refractivity contribution in [3.63, 3.8) is 0 Å². The third-order valence-corrected chi connectivity index (χ3v) is 3.59. The second-order valence-corrected chi connectivity index (χ2v) is 5.43. The van der Waals surface area contributed by atoms with E-state index in [-0.39, 0.29) is 11.0 Å². The minimum absolute atomic E-state index is 0.283. The Hall–Kier alpha value is -3.05. The number of hydrogen-bond donors (Lipinski definition) is 0. The molecule has 0 saturated heterocycles. The lowest BCUT2D eigenvalue weighted by atomic mass is 9.97. The minimum Gasteiger partial charge on any atom is -0.438 e. The molecule has 0 unspecified atom stereocenters. The van der Waals surface area contributed by atoms with Crippen molar-refractivity contribution >= 4 is 23.5 Å². The molecule has 0 bridgehead atoms. The highest BCUT2D eigenvalue weighted by molar-refractivity contribution is 6.29. The Bertz CT molecular complexity index is 892. The summed E-state index contributed by atoms with van der Waals surface area (Å²) in [5, 5.41) is 7.81. The van der Waals surface area contributed by atoms with Gasteiger partial charge in [-0.2, -0.15) is 0 Å². The van der Waals surface area contributed by atoms with E-state index in [0.29, 0.717) is 23.5 Å². The molecule has 0 N–H and O–H groups in total. The highest BCUT2D eigenvalue weighted by Crippen LogP contribution is 2.27. The summed E-state index contributed by atoms with van der Waals surface area (Å²) in [5.41, 5.74) is 2.23. The van der Waals surface area contributed by atoms with Crippen molar-refractivity contribution < 1.29 is 13.9 Å². The van der Waals surface area contributed by atoms with Gasteiger partial charge in [-0.25, -0.2) is 4.39 Å². The number of hydrogen-bond acceptors (Lipinski definition) is 4. The van der Waals surface area contributed by atoms with E-state index >= 15 is 0 Å². The summed E-state index contributed by atoms with van der Waals surface area (Å²) in [6, 6.07) is 16.2. The van der Waals surface area contributed by atoms with Crippen molar-refractivity contribution in [3.05, 3.63) is 88.8 Å². The number of ether oxygens (including phenoxy) is 1. The molecule has 0 atom stereocenters. The molecule has 0 saturated carbocycles. The lowest BCUT2D eigenvalue weighted by Crippen LogP contribution is -1.92. The van der Waals surface area contributed by atoms with Crippen molar-refractivity contribution in [1.29, 1.82) is 0 Å². The van der Waals surface area contributed by atoms with Gasteiger partial charge in [0.2, 0.25) is 5.88 Å². The first-order valence-corrected chi connectivity index (χ1v) is 7.72. The Kier molecular flexibility index (Phi) is 5.16. The van der Waals surface area contributed by atoms with E-state index in [1.54, 1.807) is 48.5 Å². The van der Waals surface area contributed by atoms with Crippen LogP contribution < -0.4 is 4.74 Å². The van der Waals surface area contributed by atoms with Crippen LogP contribution in [0.15, 0.2) is 66.7 Å². The van der Waals surface area contributed by atoms with Gasteiger partial charge < -0.3 is 4.74 Å². The molecule has 4 nitrogen and oxygen atoms in total. The second-order valence-electron chi connectivity index (χ2n) is 5.04. The smallest absolute Gasteiger partial charge is 0.238 e. The zero-order valence-electron chi connectivity index (χ0n) is 12.9. The average Bonchev–Trinajstić information content (AvgIpc) is 2.63. The molecule has 0 radical (unpaired) electrons. The number of aromatic nitrogens is 2. The van der Waals surface area contributed by atoms with Crippen LogP contribution in [0.2, 0.25) is 5.15 Å². The lowest BCUT2D eigenvalue weighted by Gasteiger charge is -2.09. The molecule has 124 valence electrons. The van der Waals surface area contributed by atoms with Gasteiger partial charge in [0, 0.05) is 6.07 Å². The molecule has 0 fully saturated rings. The molecular formula is C19H12ClFN2O2. The zero-order valence-corrected chi connectivity index (χ0v) is 13.7. The van der Waals surface area contributed by atoms with E-state index in [0.717, 1.165) is 11.1 Å². The van der Waals surface area contributed by atoms with E-state index in [9.17, 15) is 9.18 Å². The normalized spacial score (nSPS) is 11.2. The Labute approximate surface area is 148 Å². The quantitative estimate of drug-likeness (QED) is 0.492. The van der Waals surface area contributed by atoms with Crippen LogP contribution >= 0.6 is 11.6 Å². The third-order valence-electron chi connectivity index (χ3n) is 3.39. The summed E-state index contributed by atoms with van der Waals surface area (Å²) in [5.74, 6) is 0.547. The maximum atomic E-state index is 13.1. The molecule has 1 heterocycles. The van der Waals surface area contributed by atoms with Crippen molar-refractivity contribution in [2.45, 2.75) is 0 Å². The molecule has 0 aliphatic rings. The fourth-order valence-corrected chi connectivity index (χ4v) is 2.34. The highest BCUT2D eigenvalue weighted by Gasteiger charge is 2.07. The maximum Gasteiger partial charge on any atom is 0.238 e. The maximum absolute atomic E-state index is 13.1. The number of carbonyl (C=O) groups is 1. The van der Waals surface area contributed by atoms with Gasteiger partial charge in [0.05, 0.1) is 0 Å². The molecule has 3 rings (SSSR count). The Morgan fingerprint density at radius 1 is 0.920 bits per heavy atom. The van der Waals surface area contributed by atoms with Gasteiger partial charge in [0.15, 0.2) is 5.15 Å². The molecule has 3 aromatic rings. The first-order chi connectivity index (χ1) is 12.2. The summed E-state index contributed by atoms with van der Waals surface area (Å²) in [7, 11) is 0. The fourth-order valence-electron chi connectivity index (χ4n) is 2.24. The van der Waals surface area contributed by atoms with Crippen molar-refractivity contribution in [3.8, 4) is 11.6 Å². The monoisotopic (exact) mass is 354 g/mol. The topological polar surface area (TPSA) is 52.1 Å². The highest BCUT2D eigenvalue weighted by atomic mass is 35.5. The molecule has 1 aromatic heterocycles. The van der Waals surface area contributed by atoms with Crippen molar-refractivity contribution in [2.75, 3.05) is 0 Å². The number of rotatable bonds is 5. The predicted molar refractivity (Wildman–Crippen MR) is 93.1 cm³/mol. The molecule has 0 aliphatic carbocycles. The van der Waals surface area contributed by atoms with Crippen LogP contribution in [0.1, 0.15) is 11.1 Å². The first kappa shape index (κ1) is 16.8. The summed E-state index contributed by atoms with van der Waals surface area (Å²) in [6.45, 7) is 0. The van der Waals surface area contributed by atoms with Gasteiger partial charge in [-0.15, -0.1) is 10.2 Å². The van der Waals surface area contributed by atoms with E-state index in [4.69, 9.17) is 16.3 Å². The van der Waals surface area contributed by atoms with Crippen LogP contribution in [0.25, 0.3) is 5.57 Å². The van der Waals surface area contributed by atoms with Gasteiger partial charge in [-0.1, -0.05) is 35.9 Å². The van der Waals surface area contributed by atoms with Crippen LogP contribution in [0.3, 0.4) is 0 Å². The van der Waals surface area contributed by atoms with E-state index in [2.05, 4.69) is 10.2 Å². The van der Waals surface area contributed by atoms with Crippen molar-refractivity contribution in [2.24, 2.45) is 0 Å². The summed E-state index contributed by atoms with van der Waals surface area (Å²) < 4.78 is 18.7. The number of nitrogens with zero attached hydrogens (tertiary/aromatic N) is 2. The summed E-state index contributed by atoms with van der Waals surface area (Å²) in [6.07, 6.45) is 2.14. The third kappa shape index (κ3) is 4.28. The summed E-state index contributed by atoms with van der Waals surface area (Å²) >= 11 is 5.68. The van der Waals surface area contributed by atoms with Crippen LogP contribution in [-0.4, -0.2) is 16.5 Å². The average molecular weight is 355 g/mol. The van der Waals surface area contributed by atoms with Crippen LogP contribution in [-0.2, 0) is 4.79 Å². The van der Waals surface area contributed by atoms with E-state index < -0.39 is 0 Å². The summed E-state index contributed by atoms with van der Waals surface area (Å²) in [4.78, 5) is 11.0. The van der Waals surface area contributed by atoms with E-state index in [1.807, 2.05) is 0 Å². The van der Waals surface area contributed by atoms with Crippen LogP contribution in [0, 0.1) is 5.82 Å². The lowest BCUT2D eigenvalue weighted by molar-refractivity contribution is -0.104. The first-order valence-electron chi connectivity index (χ1n) is 7.34. The molecule has 0 aliphatic heterocycles. The van der Waals surface area contributed by atoms with Crippen LogP contribution in [0.5, 0.6) is 11.6 Å². The number of halogens is 2. The van der Waals surface area contributed by atoms with Crippen molar-refractivity contribution in [1.82, 2.24) is 10.2 Å². The van der Waals surface area contributed by atoms with E-state index in [1.165, 1.54) is 18.2 Å². The number of benzene rings is 2. The second kappa shape index (κ2) is 7.68. The Morgan fingerprint density at radius 3 is 2.12 bits per heavy atom. The largest absolute Gasteiger partial charge is 0.438 e. The van der Waals surface area contributed by atoms with Gasteiger partial charge in [0.1, 0.15) is 17.9 Å². The number of allylic oxidation sites excluding steroid dienone is 1. The number of carbonyl (C=O) groups excluding carboxylic acids is 1. The predicted octanol–water partition coefficient (Wildman–Crippen LogP) is 4.69. The molecule has 0 amide bonds. The SMILES string of the molecule is O=C/C=C(\c1ccc(F)cc1)c1ccc(Oc2ccc(Cl)nn2)cc1. The Morgan fingerprint density at radius 2 is 1.56 bits per heavy atom. The van der Waals surface area contributed by atoms with Gasteiger partial charge >= 0.3 is 0 Å².